The fourth-order valence-electron chi connectivity index (χ4n) is 7.28. The van der Waals surface area contributed by atoms with Gasteiger partial charge in [-0.3, -0.25) is 9.48 Å². The van der Waals surface area contributed by atoms with Crippen LogP contribution in [-0.4, -0.2) is 50.1 Å². The zero-order valence-electron chi connectivity index (χ0n) is 26.2. The van der Waals surface area contributed by atoms with Crippen LogP contribution in [0.2, 0.25) is 0 Å². The molecule has 3 fully saturated rings. The molecule has 1 aromatic heterocycles. The normalized spacial score (nSPS) is 24.2. The van der Waals surface area contributed by atoms with Gasteiger partial charge in [-0.05, 0) is 118 Å². The summed E-state index contributed by atoms with van der Waals surface area (Å²) >= 11 is 0. The SMILES string of the molecule is COc1ccc([C@H]2CC[C@H](CN(c3cccc(-c4cnn(C5CC5)c4)c3)C(=O)[C@H]3CC[C@H](NS(C)(=O)=O)CC3)CC2)cc1C. The molecule has 236 valence electrons. The molecule has 1 N–H and O–H groups in total. The van der Waals surface area contributed by atoms with Crippen LogP contribution in [0.3, 0.4) is 0 Å². The van der Waals surface area contributed by atoms with Gasteiger partial charge in [-0.15, -0.1) is 0 Å². The van der Waals surface area contributed by atoms with E-state index >= 15 is 0 Å². The number of benzene rings is 2. The molecule has 0 aliphatic heterocycles. The molecule has 0 radical (unpaired) electrons. The molecule has 1 heterocycles. The van der Waals surface area contributed by atoms with Crippen LogP contribution >= 0.6 is 0 Å². The average Bonchev–Trinajstić information content (AvgIpc) is 3.75. The van der Waals surface area contributed by atoms with Crippen molar-refractivity contribution in [3.05, 3.63) is 66.0 Å². The van der Waals surface area contributed by atoms with Gasteiger partial charge in [0.15, 0.2) is 0 Å². The summed E-state index contributed by atoms with van der Waals surface area (Å²) in [4.78, 5) is 16.3. The molecule has 8 nitrogen and oxygen atoms in total. The summed E-state index contributed by atoms with van der Waals surface area (Å²) < 4.78 is 33.8. The van der Waals surface area contributed by atoms with Crippen molar-refractivity contribution < 1.29 is 17.9 Å². The number of nitrogens with one attached hydrogen (secondary N) is 1. The first-order valence-corrected chi connectivity index (χ1v) is 18.1. The molecule has 3 aliphatic rings. The molecule has 2 aromatic carbocycles. The van der Waals surface area contributed by atoms with Crippen LogP contribution in [-0.2, 0) is 14.8 Å². The van der Waals surface area contributed by atoms with E-state index in [4.69, 9.17) is 4.74 Å². The molecule has 1 amide bonds. The van der Waals surface area contributed by atoms with Gasteiger partial charge in [-0.1, -0.05) is 24.3 Å². The average molecular weight is 619 g/mol. The number of nitrogens with zero attached hydrogens (tertiary/aromatic N) is 3. The summed E-state index contributed by atoms with van der Waals surface area (Å²) in [7, 11) is -1.54. The number of hydrogen-bond donors (Lipinski definition) is 1. The molecule has 0 unspecified atom stereocenters. The van der Waals surface area contributed by atoms with Gasteiger partial charge in [-0.2, -0.15) is 5.10 Å². The van der Waals surface area contributed by atoms with Gasteiger partial charge in [0, 0.05) is 36.0 Å². The molecule has 0 atom stereocenters. The highest BCUT2D eigenvalue weighted by atomic mass is 32.2. The number of aromatic nitrogens is 2. The first kappa shape index (κ1) is 30.8. The predicted octanol–water partition coefficient (Wildman–Crippen LogP) is 6.62. The second-order valence-corrected chi connectivity index (χ2v) is 15.1. The molecule has 3 saturated carbocycles. The molecule has 0 saturated heterocycles. The number of anilines is 1. The quantitative estimate of drug-likeness (QED) is 0.276. The molecule has 3 aromatic rings. The third-order valence-corrected chi connectivity index (χ3v) is 10.7. The minimum absolute atomic E-state index is 0.0919. The Morgan fingerprint density at radius 3 is 2.39 bits per heavy atom. The lowest BCUT2D eigenvalue weighted by Gasteiger charge is -2.36. The highest BCUT2D eigenvalue weighted by Crippen LogP contribution is 2.39. The second kappa shape index (κ2) is 13.1. The van der Waals surface area contributed by atoms with Crippen molar-refractivity contribution in [1.29, 1.82) is 0 Å². The molecular formula is C35H46N4O4S. The molecule has 0 spiro atoms. The van der Waals surface area contributed by atoms with E-state index in [1.165, 1.54) is 30.2 Å². The highest BCUT2D eigenvalue weighted by molar-refractivity contribution is 7.88. The van der Waals surface area contributed by atoms with Crippen LogP contribution < -0.4 is 14.4 Å². The van der Waals surface area contributed by atoms with E-state index in [2.05, 4.69) is 70.1 Å². The Kier molecular flexibility index (Phi) is 9.15. The number of methoxy groups -OCH3 is 1. The minimum Gasteiger partial charge on any atom is -0.496 e. The number of sulfonamides is 1. The van der Waals surface area contributed by atoms with Gasteiger partial charge in [0.1, 0.15) is 5.75 Å². The van der Waals surface area contributed by atoms with Gasteiger partial charge in [0.25, 0.3) is 0 Å². The first-order valence-electron chi connectivity index (χ1n) is 16.2. The molecule has 3 aliphatic carbocycles. The van der Waals surface area contributed by atoms with Crippen LogP contribution in [0, 0.1) is 18.8 Å². The molecule has 0 bridgehead atoms. The maximum atomic E-state index is 14.3. The van der Waals surface area contributed by atoms with E-state index in [9.17, 15) is 13.2 Å². The fourth-order valence-corrected chi connectivity index (χ4v) is 8.12. The lowest BCUT2D eigenvalue weighted by Crippen LogP contribution is -2.44. The topological polar surface area (TPSA) is 93.5 Å². The summed E-state index contributed by atoms with van der Waals surface area (Å²) in [5, 5.41) is 4.59. The molecule has 6 rings (SSSR count). The van der Waals surface area contributed by atoms with Crippen molar-refractivity contribution in [2.75, 3.05) is 24.8 Å². The van der Waals surface area contributed by atoms with Gasteiger partial charge in [-0.25, -0.2) is 13.1 Å². The number of hydrogen-bond acceptors (Lipinski definition) is 5. The third-order valence-electron chi connectivity index (χ3n) is 9.91. The fraction of sp³-hybridized carbons (Fsp3) is 0.543. The number of rotatable bonds is 10. The van der Waals surface area contributed by atoms with Gasteiger partial charge in [0.05, 0.1) is 25.6 Å². The van der Waals surface area contributed by atoms with E-state index < -0.39 is 10.0 Å². The Hall–Kier alpha value is -3.17. The Bertz CT molecular complexity index is 1560. The van der Waals surface area contributed by atoms with E-state index in [0.29, 0.717) is 50.1 Å². The van der Waals surface area contributed by atoms with E-state index in [1.54, 1.807) is 7.11 Å². The Balaban J connectivity index is 1.18. The van der Waals surface area contributed by atoms with Crippen molar-refractivity contribution >= 4 is 21.6 Å². The Morgan fingerprint density at radius 1 is 0.977 bits per heavy atom. The maximum Gasteiger partial charge on any atom is 0.230 e. The lowest BCUT2D eigenvalue weighted by atomic mass is 9.78. The monoisotopic (exact) mass is 618 g/mol. The smallest absolute Gasteiger partial charge is 0.230 e. The van der Waals surface area contributed by atoms with Gasteiger partial charge in [0.2, 0.25) is 15.9 Å². The second-order valence-electron chi connectivity index (χ2n) is 13.3. The standard InChI is InChI=1S/C35H46N4O4S/c1-24-19-29(13-18-34(24)43-2)26-9-7-25(8-10-26)22-38(35(40)27-11-14-31(15-12-27)37-44(3,41)42)33-6-4-5-28(20-33)30-21-36-39(23-30)32-16-17-32/h4-6,13,18-21,23,25-27,31-32,37H,7-12,14-17,22H2,1-3H3/t25-,26-,27-,31-. The number of aryl methyl sites for hydroxylation is 1. The van der Waals surface area contributed by atoms with Crippen LogP contribution in [0.15, 0.2) is 54.9 Å². The Morgan fingerprint density at radius 2 is 1.73 bits per heavy atom. The lowest BCUT2D eigenvalue weighted by molar-refractivity contribution is -0.123. The summed E-state index contributed by atoms with van der Waals surface area (Å²) in [6.07, 6.45) is 14.8. The zero-order chi connectivity index (χ0) is 30.8. The van der Waals surface area contributed by atoms with E-state index in [-0.39, 0.29) is 17.9 Å². The van der Waals surface area contributed by atoms with Crippen molar-refractivity contribution in [1.82, 2.24) is 14.5 Å². The Labute approximate surface area is 262 Å². The number of carbonyl (C=O) groups is 1. The summed E-state index contributed by atoms with van der Waals surface area (Å²) in [6, 6.07) is 15.4. The molecule has 44 heavy (non-hydrogen) atoms. The van der Waals surface area contributed by atoms with Crippen molar-refractivity contribution in [3.8, 4) is 16.9 Å². The van der Waals surface area contributed by atoms with E-state index in [1.807, 2.05) is 11.1 Å². The van der Waals surface area contributed by atoms with Crippen LogP contribution in [0.25, 0.3) is 11.1 Å². The van der Waals surface area contributed by atoms with Crippen molar-refractivity contribution in [2.45, 2.75) is 89.1 Å². The summed E-state index contributed by atoms with van der Waals surface area (Å²) in [6.45, 7) is 2.81. The van der Waals surface area contributed by atoms with Crippen LogP contribution in [0.4, 0.5) is 5.69 Å². The minimum atomic E-state index is -3.26. The van der Waals surface area contributed by atoms with Crippen molar-refractivity contribution in [3.63, 3.8) is 0 Å². The summed E-state index contributed by atoms with van der Waals surface area (Å²) in [5.74, 6) is 1.96. The highest BCUT2D eigenvalue weighted by Gasteiger charge is 2.33. The number of amides is 1. The molecular weight excluding hydrogens is 572 g/mol. The number of ether oxygens (including phenoxy) is 1. The van der Waals surface area contributed by atoms with Gasteiger partial charge >= 0.3 is 0 Å². The third kappa shape index (κ3) is 7.37. The van der Waals surface area contributed by atoms with Crippen molar-refractivity contribution in [2.24, 2.45) is 11.8 Å². The van der Waals surface area contributed by atoms with Gasteiger partial charge < -0.3 is 9.64 Å². The largest absolute Gasteiger partial charge is 0.496 e. The summed E-state index contributed by atoms with van der Waals surface area (Å²) in [5.41, 5.74) is 5.65. The first-order chi connectivity index (χ1) is 21.2. The number of carbonyl (C=O) groups excluding carboxylic acids is 1. The van der Waals surface area contributed by atoms with E-state index in [0.717, 1.165) is 48.2 Å². The zero-order valence-corrected chi connectivity index (χ0v) is 27.1. The maximum absolute atomic E-state index is 14.3. The predicted molar refractivity (Wildman–Crippen MR) is 174 cm³/mol. The van der Waals surface area contributed by atoms with Crippen LogP contribution in [0.5, 0.6) is 5.75 Å². The van der Waals surface area contributed by atoms with Crippen LogP contribution in [0.1, 0.15) is 87.3 Å². The molecule has 9 heteroatoms.